The van der Waals surface area contributed by atoms with Crippen LogP contribution >= 0.6 is 0 Å². The number of carboxylic acid groups (broad SMARTS) is 1. The fraction of sp³-hybridized carbons (Fsp3) is 0.917. The molecule has 3 heteroatoms. The van der Waals surface area contributed by atoms with Crippen LogP contribution in [-0.4, -0.2) is 34.1 Å². The minimum absolute atomic E-state index is 0.0877. The molecule has 2 rings (SSSR count). The highest BCUT2D eigenvalue weighted by molar-refractivity contribution is 5.70. The fourth-order valence-corrected chi connectivity index (χ4v) is 3.46. The highest BCUT2D eigenvalue weighted by atomic mass is 16.4. The van der Waals surface area contributed by atoms with Crippen molar-refractivity contribution in [1.82, 2.24) is 4.90 Å². The number of aliphatic carboxylic acids is 1. The molecule has 0 saturated carbocycles. The number of rotatable bonds is 2. The van der Waals surface area contributed by atoms with E-state index in [-0.39, 0.29) is 5.92 Å². The lowest BCUT2D eigenvalue weighted by Gasteiger charge is -2.50. The van der Waals surface area contributed by atoms with Gasteiger partial charge in [-0.05, 0) is 39.5 Å². The molecule has 0 aromatic carbocycles. The number of fused-ring (bicyclic) bond motifs is 2. The first kappa shape index (κ1) is 10.9. The van der Waals surface area contributed by atoms with Crippen LogP contribution < -0.4 is 0 Å². The topological polar surface area (TPSA) is 40.5 Å². The molecule has 2 fully saturated rings. The normalized spacial score (nSPS) is 36.9. The summed E-state index contributed by atoms with van der Waals surface area (Å²) >= 11 is 0. The molecular weight excluding hydrogens is 190 g/mol. The standard InChI is InChI=1S/C12H21NO2/c1-8(2)13-10-4-3-5-11(13)7-9(6-10)12(14)15/h8-11H,3-7H2,1-2H3,(H,14,15)/t10-,11-/m0/s1. The highest BCUT2D eigenvalue weighted by Crippen LogP contribution is 2.38. The number of piperidine rings is 2. The van der Waals surface area contributed by atoms with E-state index in [1.54, 1.807) is 0 Å². The van der Waals surface area contributed by atoms with Gasteiger partial charge in [0.2, 0.25) is 0 Å². The molecule has 15 heavy (non-hydrogen) atoms. The van der Waals surface area contributed by atoms with Gasteiger partial charge in [0.25, 0.3) is 0 Å². The lowest BCUT2D eigenvalue weighted by Crippen LogP contribution is -2.55. The minimum Gasteiger partial charge on any atom is -0.481 e. The molecule has 0 aromatic rings. The van der Waals surface area contributed by atoms with Crippen molar-refractivity contribution in [1.29, 1.82) is 0 Å². The molecule has 86 valence electrons. The molecule has 2 heterocycles. The molecule has 0 unspecified atom stereocenters. The van der Waals surface area contributed by atoms with Gasteiger partial charge in [-0.15, -0.1) is 0 Å². The second kappa shape index (κ2) is 4.12. The number of hydrogen-bond acceptors (Lipinski definition) is 2. The van der Waals surface area contributed by atoms with E-state index in [1.807, 2.05) is 0 Å². The van der Waals surface area contributed by atoms with Gasteiger partial charge in [0.15, 0.2) is 0 Å². The van der Waals surface area contributed by atoms with E-state index in [1.165, 1.54) is 19.3 Å². The maximum Gasteiger partial charge on any atom is 0.306 e. The number of nitrogens with zero attached hydrogens (tertiary/aromatic N) is 1. The monoisotopic (exact) mass is 211 g/mol. The SMILES string of the molecule is CC(C)N1[C@H]2CCC[C@H]1CC(C(=O)O)C2. The molecule has 2 aliphatic heterocycles. The number of hydrogen-bond donors (Lipinski definition) is 1. The van der Waals surface area contributed by atoms with Gasteiger partial charge in [-0.25, -0.2) is 0 Å². The van der Waals surface area contributed by atoms with E-state index in [4.69, 9.17) is 5.11 Å². The third-order valence-electron chi connectivity index (χ3n) is 3.98. The van der Waals surface area contributed by atoms with Crippen molar-refractivity contribution >= 4 is 5.97 Å². The van der Waals surface area contributed by atoms with Gasteiger partial charge in [-0.1, -0.05) is 6.42 Å². The number of carbonyl (C=O) groups is 1. The summed E-state index contributed by atoms with van der Waals surface area (Å²) in [6.07, 6.45) is 5.40. The summed E-state index contributed by atoms with van der Waals surface area (Å²) in [6.45, 7) is 4.46. The van der Waals surface area contributed by atoms with Crippen LogP contribution in [0.2, 0.25) is 0 Å². The molecule has 2 aliphatic rings. The van der Waals surface area contributed by atoms with Crippen LogP contribution in [0, 0.1) is 5.92 Å². The molecule has 0 spiro atoms. The van der Waals surface area contributed by atoms with E-state index in [0.717, 1.165) is 12.8 Å². The predicted octanol–water partition coefficient (Wildman–Crippen LogP) is 2.11. The Hall–Kier alpha value is -0.570. The Kier molecular flexibility index (Phi) is 3.01. The zero-order valence-electron chi connectivity index (χ0n) is 9.65. The van der Waals surface area contributed by atoms with Crippen molar-refractivity contribution in [2.24, 2.45) is 5.92 Å². The second-order valence-corrected chi connectivity index (χ2v) is 5.29. The van der Waals surface area contributed by atoms with E-state index in [0.29, 0.717) is 18.1 Å². The quantitative estimate of drug-likeness (QED) is 0.760. The summed E-state index contributed by atoms with van der Waals surface area (Å²) in [5.74, 6) is -0.675. The Morgan fingerprint density at radius 2 is 1.80 bits per heavy atom. The van der Waals surface area contributed by atoms with Crippen molar-refractivity contribution in [3.63, 3.8) is 0 Å². The maximum absolute atomic E-state index is 11.0. The average molecular weight is 211 g/mol. The van der Waals surface area contributed by atoms with Crippen molar-refractivity contribution < 1.29 is 9.90 Å². The molecule has 2 atom stereocenters. The molecule has 2 bridgehead atoms. The van der Waals surface area contributed by atoms with Crippen molar-refractivity contribution in [2.45, 2.75) is 64.1 Å². The van der Waals surface area contributed by atoms with Gasteiger partial charge in [-0.2, -0.15) is 0 Å². The Balaban J connectivity index is 2.11. The van der Waals surface area contributed by atoms with Crippen LogP contribution in [0.3, 0.4) is 0 Å². The Morgan fingerprint density at radius 1 is 1.27 bits per heavy atom. The first-order chi connectivity index (χ1) is 7.09. The largest absolute Gasteiger partial charge is 0.481 e. The fourth-order valence-electron chi connectivity index (χ4n) is 3.46. The summed E-state index contributed by atoms with van der Waals surface area (Å²) in [4.78, 5) is 13.6. The van der Waals surface area contributed by atoms with Crippen LogP contribution in [-0.2, 0) is 4.79 Å². The van der Waals surface area contributed by atoms with Crippen molar-refractivity contribution in [3.05, 3.63) is 0 Å². The van der Waals surface area contributed by atoms with E-state index < -0.39 is 5.97 Å². The van der Waals surface area contributed by atoms with Crippen LogP contribution in [0.25, 0.3) is 0 Å². The molecule has 3 nitrogen and oxygen atoms in total. The first-order valence-corrected chi connectivity index (χ1v) is 6.10. The Labute approximate surface area is 91.5 Å². The zero-order chi connectivity index (χ0) is 11.0. The molecule has 1 N–H and O–H groups in total. The summed E-state index contributed by atoms with van der Waals surface area (Å²) in [6, 6.07) is 1.62. The third kappa shape index (κ3) is 2.03. The Bertz CT molecular complexity index is 238. The average Bonchev–Trinajstić information content (AvgIpc) is 2.15. The molecule has 2 saturated heterocycles. The van der Waals surface area contributed by atoms with Gasteiger partial charge < -0.3 is 5.11 Å². The maximum atomic E-state index is 11.0. The molecule has 0 aromatic heterocycles. The van der Waals surface area contributed by atoms with Crippen molar-refractivity contribution in [2.75, 3.05) is 0 Å². The third-order valence-corrected chi connectivity index (χ3v) is 3.98. The summed E-state index contributed by atoms with van der Waals surface area (Å²) in [7, 11) is 0. The van der Waals surface area contributed by atoms with Gasteiger partial charge in [0, 0.05) is 18.1 Å². The van der Waals surface area contributed by atoms with Gasteiger partial charge in [-0.3, -0.25) is 9.69 Å². The first-order valence-electron chi connectivity index (χ1n) is 6.10. The molecular formula is C12H21NO2. The summed E-state index contributed by atoms with van der Waals surface area (Å²) in [5, 5.41) is 9.10. The molecule has 0 radical (unpaired) electrons. The lowest BCUT2D eigenvalue weighted by atomic mass is 9.77. The number of carboxylic acids is 1. The molecule has 0 aliphatic carbocycles. The smallest absolute Gasteiger partial charge is 0.306 e. The van der Waals surface area contributed by atoms with Crippen LogP contribution in [0.1, 0.15) is 46.0 Å². The van der Waals surface area contributed by atoms with E-state index >= 15 is 0 Å². The van der Waals surface area contributed by atoms with Gasteiger partial charge >= 0.3 is 5.97 Å². The second-order valence-electron chi connectivity index (χ2n) is 5.29. The summed E-state index contributed by atoms with van der Waals surface area (Å²) in [5.41, 5.74) is 0. The van der Waals surface area contributed by atoms with Crippen molar-refractivity contribution in [3.8, 4) is 0 Å². The zero-order valence-corrected chi connectivity index (χ0v) is 9.65. The lowest BCUT2D eigenvalue weighted by molar-refractivity contribution is -0.146. The van der Waals surface area contributed by atoms with Gasteiger partial charge in [0.1, 0.15) is 0 Å². The van der Waals surface area contributed by atoms with E-state index in [9.17, 15) is 4.79 Å². The van der Waals surface area contributed by atoms with Crippen LogP contribution in [0.4, 0.5) is 0 Å². The van der Waals surface area contributed by atoms with Gasteiger partial charge in [0.05, 0.1) is 5.92 Å². The molecule has 0 amide bonds. The van der Waals surface area contributed by atoms with E-state index in [2.05, 4.69) is 18.7 Å². The minimum atomic E-state index is -0.588. The summed E-state index contributed by atoms with van der Waals surface area (Å²) < 4.78 is 0. The van der Waals surface area contributed by atoms with Crippen LogP contribution in [0.5, 0.6) is 0 Å². The highest BCUT2D eigenvalue weighted by Gasteiger charge is 2.41. The predicted molar refractivity (Wildman–Crippen MR) is 58.8 cm³/mol. The van der Waals surface area contributed by atoms with Crippen LogP contribution in [0.15, 0.2) is 0 Å². The Morgan fingerprint density at radius 3 is 2.20 bits per heavy atom.